The molecule has 5 nitrogen and oxygen atoms in total. The topological polar surface area (TPSA) is 78.4 Å². The highest BCUT2D eigenvalue weighted by Crippen LogP contribution is 2.08. The van der Waals surface area contributed by atoms with Crippen molar-refractivity contribution in [3.05, 3.63) is 0 Å². The summed E-state index contributed by atoms with van der Waals surface area (Å²) in [6.07, 6.45) is 5.71. The molecule has 0 saturated heterocycles. The fraction of sp³-hybridized carbons (Fsp3) is 0.846. The normalized spacial score (nSPS) is 12.2. The lowest BCUT2D eigenvalue weighted by Crippen LogP contribution is -2.44. The molecule has 2 amide bonds. The number of aliphatic carboxylic acids is 1. The van der Waals surface area contributed by atoms with Crippen molar-refractivity contribution in [3.63, 3.8) is 0 Å². The molecule has 18 heavy (non-hydrogen) atoms. The molecule has 0 spiro atoms. The number of amides is 2. The van der Waals surface area contributed by atoms with Gasteiger partial charge in [0.15, 0.2) is 0 Å². The van der Waals surface area contributed by atoms with E-state index >= 15 is 0 Å². The van der Waals surface area contributed by atoms with Crippen molar-refractivity contribution in [1.29, 1.82) is 0 Å². The number of urea groups is 1. The van der Waals surface area contributed by atoms with Gasteiger partial charge in [-0.25, -0.2) is 4.79 Å². The summed E-state index contributed by atoms with van der Waals surface area (Å²) in [6, 6.07) is -1.26. The molecule has 106 valence electrons. The Hall–Kier alpha value is -1.26. The Morgan fingerprint density at radius 1 is 1.06 bits per heavy atom. The van der Waals surface area contributed by atoms with Crippen LogP contribution < -0.4 is 10.6 Å². The molecule has 0 bridgehead atoms. The molecule has 0 fully saturated rings. The van der Waals surface area contributed by atoms with Crippen LogP contribution in [0.5, 0.6) is 0 Å². The predicted octanol–water partition coefficient (Wildman–Crippen LogP) is 2.37. The summed E-state index contributed by atoms with van der Waals surface area (Å²) < 4.78 is 0. The second kappa shape index (κ2) is 9.74. The highest BCUT2D eigenvalue weighted by atomic mass is 16.4. The van der Waals surface area contributed by atoms with Crippen molar-refractivity contribution < 1.29 is 14.7 Å². The Morgan fingerprint density at radius 3 is 2.22 bits per heavy atom. The Kier molecular flexibility index (Phi) is 9.06. The molecule has 0 aromatic rings. The fourth-order valence-corrected chi connectivity index (χ4v) is 1.54. The molecule has 1 atom stereocenters. The van der Waals surface area contributed by atoms with Crippen LogP contribution in [0, 0.1) is 5.92 Å². The van der Waals surface area contributed by atoms with Gasteiger partial charge in [0.1, 0.15) is 6.04 Å². The predicted molar refractivity (Wildman–Crippen MR) is 71.6 cm³/mol. The van der Waals surface area contributed by atoms with Crippen LogP contribution in [-0.4, -0.2) is 29.7 Å². The summed E-state index contributed by atoms with van der Waals surface area (Å²) in [5.41, 5.74) is 0. The number of carboxylic acid groups (broad SMARTS) is 1. The average Bonchev–Trinajstić information content (AvgIpc) is 2.27. The van der Waals surface area contributed by atoms with Gasteiger partial charge in [-0.15, -0.1) is 0 Å². The van der Waals surface area contributed by atoms with E-state index in [0.717, 1.165) is 18.8 Å². The standard InChI is InChI=1S/C13H26N2O3/c1-10(2)8-6-4-5-7-9-14-13(18)15-11(3)12(16)17/h10-11H,4-9H2,1-3H3,(H,16,17)(H2,14,15,18). The van der Waals surface area contributed by atoms with Gasteiger partial charge in [-0.1, -0.05) is 39.5 Å². The van der Waals surface area contributed by atoms with Crippen LogP contribution in [0.2, 0.25) is 0 Å². The second-order valence-corrected chi connectivity index (χ2v) is 5.06. The molecule has 0 heterocycles. The van der Waals surface area contributed by atoms with Gasteiger partial charge in [-0.2, -0.15) is 0 Å². The van der Waals surface area contributed by atoms with Crippen molar-refractivity contribution in [2.75, 3.05) is 6.54 Å². The molecule has 0 aliphatic rings. The summed E-state index contributed by atoms with van der Waals surface area (Å²) in [4.78, 5) is 21.7. The lowest BCUT2D eigenvalue weighted by Gasteiger charge is -2.10. The quantitative estimate of drug-likeness (QED) is 0.555. The van der Waals surface area contributed by atoms with Crippen molar-refractivity contribution in [1.82, 2.24) is 10.6 Å². The molecule has 5 heteroatoms. The number of carbonyl (C=O) groups is 2. The second-order valence-electron chi connectivity index (χ2n) is 5.06. The Labute approximate surface area is 109 Å². The monoisotopic (exact) mass is 258 g/mol. The van der Waals surface area contributed by atoms with Gasteiger partial charge in [-0.3, -0.25) is 4.79 Å². The minimum Gasteiger partial charge on any atom is -0.480 e. The maximum absolute atomic E-state index is 11.3. The van der Waals surface area contributed by atoms with E-state index < -0.39 is 18.0 Å². The third kappa shape index (κ3) is 9.93. The Balaban J connectivity index is 3.38. The molecule has 0 aromatic carbocycles. The maximum atomic E-state index is 11.3. The molecule has 1 unspecified atom stereocenters. The number of hydrogen-bond acceptors (Lipinski definition) is 2. The molecule has 0 radical (unpaired) electrons. The van der Waals surface area contributed by atoms with Crippen LogP contribution in [0.25, 0.3) is 0 Å². The van der Waals surface area contributed by atoms with E-state index in [1.807, 2.05) is 0 Å². The van der Waals surface area contributed by atoms with Gasteiger partial charge >= 0.3 is 12.0 Å². The van der Waals surface area contributed by atoms with E-state index in [0.29, 0.717) is 6.54 Å². The molecule has 0 rings (SSSR count). The van der Waals surface area contributed by atoms with Crippen LogP contribution in [-0.2, 0) is 4.79 Å². The first kappa shape index (κ1) is 16.7. The minimum atomic E-state index is -1.03. The minimum absolute atomic E-state index is 0.410. The first-order valence-corrected chi connectivity index (χ1v) is 6.70. The van der Waals surface area contributed by atoms with Gasteiger partial charge in [-0.05, 0) is 19.3 Å². The molecule has 0 saturated carbocycles. The van der Waals surface area contributed by atoms with Crippen molar-refractivity contribution in [3.8, 4) is 0 Å². The zero-order valence-corrected chi connectivity index (χ0v) is 11.7. The van der Waals surface area contributed by atoms with Gasteiger partial charge in [0.25, 0.3) is 0 Å². The fourth-order valence-electron chi connectivity index (χ4n) is 1.54. The third-order valence-corrected chi connectivity index (χ3v) is 2.71. The summed E-state index contributed by atoms with van der Waals surface area (Å²) in [7, 11) is 0. The van der Waals surface area contributed by atoms with Crippen molar-refractivity contribution in [2.24, 2.45) is 5.92 Å². The maximum Gasteiger partial charge on any atom is 0.325 e. The summed E-state index contributed by atoms with van der Waals surface area (Å²) in [5.74, 6) is -0.273. The van der Waals surface area contributed by atoms with Crippen molar-refractivity contribution in [2.45, 2.75) is 58.9 Å². The molecular formula is C13H26N2O3. The largest absolute Gasteiger partial charge is 0.480 e. The van der Waals surface area contributed by atoms with Gasteiger partial charge in [0.05, 0.1) is 0 Å². The van der Waals surface area contributed by atoms with E-state index in [9.17, 15) is 9.59 Å². The summed E-state index contributed by atoms with van der Waals surface area (Å²) in [6.45, 7) is 6.47. The lowest BCUT2D eigenvalue weighted by atomic mass is 10.0. The van der Waals surface area contributed by atoms with Gasteiger partial charge in [0, 0.05) is 6.54 Å². The molecule has 0 aromatic heterocycles. The van der Waals surface area contributed by atoms with E-state index in [2.05, 4.69) is 24.5 Å². The SMILES string of the molecule is CC(C)CCCCCCNC(=O)NC(C)C(=O)O. The van der Waals surface area contributed by atoms with E-state index in [1.54, 1.807) is 0 Å². The molecule has 3 N–H and O–H groups in total. The van der Waals surface area contributed by atoms with Crippen LogP contribution in [0.1, 0.15) is 52.9 Å². The number of unbranched alkanes of at least 4 members (excludes halogenated alkanes) is 3. The number of carboxylic acids is 1. The van der Waals surface area contributed by atoms with E-state index in [4.69, 9.17) is 5.11 Å². The number of nitrogens with one attached hydrogen (secondary N) is 2. The van der Waals surface area contributed by atoms with Crippen LogP contribution >= 0.6 is 0 Å². The summed E-state index contributed by atoms with van der Waals surface area (Å²) >= 11 is 0. The first-order valence-electron chi connectivity index (χ1n) is 6.70. The van der Waals surface area contributed by atoms with Gasteiger partial charge in [0.2, 0.25) is 0 Å². The smallest absolute Gasteiger partial charge is 0.325 e. The van der Waals surface area contributed by atoms with E-state index in [1.165, 1.54) is 26.2 Å². The number of hydrogen-bond donors (Lipinski definition) is 3. The van der Waals surface area contributed by atoms with Gasteiger partial charge < -0.3 is 15.7 Å². The van der Waals surface area contributed by atoms with Crippen LogP contribution in [0.3, 0.4) is 0 Å². The number of carbonyl (C=O) groups excluding carboxylic acids is 1. The third-order valence-electron chi connectivity index (χ3n) is 2.71. The molecule has 0 aliphatic carbocycles. The molecular weight excluding hydrogens is 232 g/mol. The zero-order chi connectivity index (χ0) is 14.0. The van der Waals surface area contributed by atoms with Crippen LogP contribution in [0.4, 0.5) is 4.79 Å². The van der Waals surface area contributed by atoms with E-state index in [-0.39, 0.29) is 0 Å². The molecule has 0 aliphatic heterocycles. The Bertz CT molecular complexity index is 255. The van der Waals surface area contributed by atoms with Crippen molar-refractivity contribution >= 4 is 12.0 Å². The highest BCUT2D eigenvalue weighted by molar-refractivity contribution is 5.82. The Morgan fingerprint density at radius 2 is 1.67 bits per heavy atom. The lowest BCUT2D eigenvalue weighted by molar-refractivity contribution is -0.138. The summed E-state index contributed by atoms with van der Waals surface area (Å²) in [5, 5.41) is 13.6. The average molecular weight is 258 g/mol. The van der Waals surface area contributed by atoms with Crippen LogP contribution in [0.15, 0.2) is 0 Å². The number of rotatable bonds is 9. The zero-order valence-electron chi connectivity index (χ0n) is 11.7. The highest BCUT2D eigenvalue weighted by Gasteiger charge is 2.12. The first-order chi connectivity index (χ1) is 8.43.